The first-order valence-electron chi connectivity index (χ1n) is 7.54. The Morgan fingerprint density at radius 2 is 2.23 bits per heavy atom. The van der Waals surface area contributed by atoms with Crippen molar-refractivity contribution in [3.05, 3.63) is 46.7 Å². The fourth-order valence-electron chi connectivity index (χ4n) is 2.96. The van der Waals surface area contributed by atoms with Gasteiger partial charge < -0.3 is 10.2 Å². The van der Waals surface area contributed by atoms with Crippen LogP contribution < -0.4 is 5.32 Å². The summed E-state index contributed by atoms with van der Waals surface area (Å²) in [5.74, 6) is 0. The van der Waals surface area contributed by atoms with E-state index in [9.17, 15) is 4.79 Å². The monoisotopic (exact) mass is 362 g/mol. The molecule has 0 aliphatic carbocycles. The van der Waals surface area contributed by atoms with E-state index in [1.54, 1.807) is 6.20 Å². The molecule has 1 saturated heterocycles. The zero-order valence-electron chi connectivity index (χ0n) is 12.5. The lowest BCUT2D eigenvalue weighted by atomic mass is 10.1. The van der Waals surface area contributed by atoms with Crippen LogP contribution in [0.2, 0.25) is 0 Å². The third-order valence-corrected chi connectivity index (χ3v) is 4.71. The van der Waals surface area contributed by atoms with Gasteiger partial charge in [-0.15, -0.1) is 0 Å². The minimum Gasteiger partial charge on any atom is -0.316 e. The number of likely N-dealkylation sites (tertiary alicyclic amines) is 1. The molecule has 1 aromatic carbocycles. The van der Waals surface area contributed by atoms with Gasteiger partial charge in [-0.1, -0.05) is 12.1 Å². The van der Waals surface area contributed by atoms with Crippen molar-refractivity contribution in [1.82, 2.24) is 14.7 Å². The van der Waals surface area contributed by atoms with Gasteiger partial charge in [0.05, 0.1) is 17.4 Å². The molecule has 22 heavy (non-hydrogen) atoms. The lowest BCUT2D eigenvalue weighted by molar-refractivity contribution is 0.204. The fourth-order valence-corrected chi connectivity index (χ4v) is 3.34. The van der Waals surface area contributed by atoms with Crippen LogP contribution in [0.4, 0.5) is 10.5 Å². The third kappa shape index (κ3) is 2.88. The highest BCUT2D eigenvalue weighted by Gasteiger charge is 2.32. The van der Waals surface area contributed by atoms with Crippen LogP contribution in [0, 0.1) is 0 Å². The van der Waals surface area contributed by atoms with Gasteiger partial charge in [0.2, 0.25) is 0 Å². The molecule has 0 unspecified atom stereocenters. The van der Waals surface area contributed by atoms with E-state index in [1.807, 2.05) is 39.9 Å². The van der Waals surface area contributed by atoms with Crippen molar-refractivity contribution < 1.29 is 4.79 Å². The number of rotatable bonds is 3. The molecule has 0 spiro atoms. The second kappa shape index (κ2) is 6.52. The summed E-state index contributed by atoms with van der Waals surface area (Å²) in [6.07, 6.45) is 3.80. The van der Waals surface area contributed by atoms with Crippen molar-refractivity contribution in [3.8, 4) is 0 Å². The third-order valence-electron chi connectivity index (χ3n) is 4.02. The highest BCUT2D eigenvalue weighted by Crippen LogP contribution is 2.32. The summed E-state index contributed by atoms with van der Waals surface area (Å²) in [4.78, 5) is 14.5. The standard InChI is InChI=1S/C16H19BrN4O/c1-2-21-15(9-10-18-21)14-8-5-11-20(14)16(22)19-13-7-4-3-6-12(13)17/h3-4,6-7,9-10,14H,2,5,8,11H2,1H3,(H,19,22)/t14-/m1/s1. The molecule has 0 saturated carbocycles. The van der Waals surface area contributed by atoms with Crippen molar-refractivity contribution in [1.29, 1.82) is 0 Å². The van der Waals surface area contributed by atoms with E-state index >= 15 is 0 Å². The van der Waals surface area contributed by atoms with E-state index < -0.39 is 0 Å². The number of nitrogens with zero attached hydrogens (tertiary/aromatic N) is 3. The Morgan fingerprint density at radius 1 is 1.41 bits per heavy atom. The zero-order chi connectivity index (χ0) is 15.5. The van der Waals surface area contributed by atoms with Crippen LogP contribution in [-0.2, 0) is 6.54 Å². The zero-order valence-corrected chi connectivity index (χ0v) is 14.1. The molecule has 116 valence electrons. The molecule has 1 aliphatic rings. The van der Waals surface area contributed by atoms with Gasteiger partial charge in [-0.05, 0) is 53.9 Å². The number of urea groups is 1. The van der Waals surface area contributed by atoms with Gasteiger partial charge >= 0.3 is 6.03 Å². The normalized spacial score (nSPS) is 17.7. The second-order valence-electron chi connectivity index (χ2n) is 5.33. The summed E-state index contributed by atoms with van der Waals surface area (Å²) < 4.78 is 2.85. The molecule has 5 nitrogen and oxygen atoms in total. The van der Waals surface area contributed by atoms with Crippen molar-refractivity contribution >= 4 is 27.6 Å². The number of para-hydroxylation sites is 1. The van der Waals surface area contributed by atoms with Crippen molar-refractivity contribution in [2.75, 3.05) is 11.9 Å². The molecule has 2 amide bonds. The number of amides is 2. The smallest absolute Gasteiger partial charge is 0.316 e. The average molecular weight is 363 g/mol. The number of hydrogen-bond acceptors (Lipinski definition) is 2. The predicted octanol–water partition coefficient (Wildman–Crippen LogP) is 4.03. The van der Waals surface area contributed by atoms with Crippen molar-refractivity contribution in [2.45, 2.75) is 32.4 Å². The largest absolute Gasteiger partial charge is 0.322 e. The predicted molar refractivity (Wildman–Crippen MR) is 89.7 cm³/mol. The number of halogens is 1. The summed E-state index contributed by atoms with van der Waals surface area (Å²) in [6, 6.07) is 9.71. The number of benzene rings is 1. The highest BCUT2D eigenvalue weighted by atomic mass is 79.9. The molecule has 0 bridgehead atoms. The van der Waals surface area contributed by atoms with Gasteiger partial charge in [0, 0.05) is 23.8 Å². The van der Waals surface area contributed by atoms with Crippen LogP contribution in [0.1, 0.15) is 31.5 Å². The summed E-state index contributed by atoms with van der Waals surface area (Å²) >= 11 is 3.46. The Morgan fingerprint density at radius 3 is 3.00 bits per heavy atom. The van der Waals surface area contributed by atoms with Gasteiger partial charge in [-0.3, -0.25) is 4.68 Å². The van der Waals surface area contributed by atoms with E-state index in [1.165, 1.54) is 0 Å². The molecule has 1 fully saturated rings. The van der Waals surface area contributed by atoms with Crippen LogP contribution in [0.5, 0.6) is 0 Å². The Bertz CT molecular complexity index is 670. The SMILES string of the molecule is CCn1nccc1[C@H]1CCCN1C(=O)Nc1ccccc1Br. The van der Waals surface area contributed by atoms with Gasteiger partial charge in [0.1, 0.15) is 0 Å². The molecule has 2 aromatic rings. The summed E-state index contributed by atoms with van der Waals surface area (Å²) in [5, 5.41) is 7.31. The Balaban J connectivity index is 1.78. The van der Waals surface area contributed by atoms with E-state index in [2.05, 4.69) is 33.3 Å². The van der Waals surface area contributed by atoms with E-state index in [-0.39, 0.29) is 12.1 Å². The topological polar surface area (TPSA) is 50.2 Å². The van der Waals surface area contributed by atoms with Crippen LogP contribution >= 0.6 is 15.9 Å². The lowest BCUT2D eigenvalue weighted by Crippen LogP contribution is -2.35. The maximum Gasteiger partial charge on any atom is 0.322 e. The highest BCUT2D eigenvalue weighted by molar-refractivity contribution is 9.10. The second-order valence-corrected chi connectivity index (χ2v) is 6.19. The molecule has 1 aliphatic heterocycles. The quantitative estimate of drug-likeness (QED) is 0.895. The Kier molecular flexibility index (Phi) is 4.47. The van der Waals surface area contributed by atoms with Crippen LogP contribution in [0.15, 0.2) is 41.0 Å². The number of carbonyl (C=O) groups is 1. The molecular weight excluding hydrogens is 344 g/mol. The van der Waals surface area contributed by atoms with Crippen LogP contribution in [0.25, 0.3) is 0 Å². The average Bonchev–Trinajstić information content (AvgIpc) is 3.17. The molecule has 2 heterocycles. The first kappa shape index (κ1) is 15.1. The first-order valence-corrected chi connectivity index (χ1v) is 8.34. The Labute approximate surface area is 138 Å². The minimum absolute atomic E-state index is 0.0572. The summed E-state index contributed by atoms with van der Waals surface area (Å²) in [7, 11) is 0. The van der Waals surface area contributed by atoms with Gasteiger partial charge in [0.25, 0.3) is 0 Å². The van der Waals surface area contributed by atoms with Gasteiger partial charge in [-0.25, -0.2) is 4.79 Å². The van der Waals surface area contributed by atoms with Gasteiger partial charge in [-0.2, -0.15) is 5.10 Å². The van der Waals surface area contributed by atoms with Crippen LogP contribution in [0.3, 0.4) is 0 Å². The van der Waals surface area contributed by atoms with Gasteiger partial charge in [0.15, 0.2) is 0 Å². The molecule has 1 aromatic heterocycles. The maximum atomic E-state index is 12.6. The number of nitrogens with one attached hydrogen (secondary N) is 1. The Hall–Kier alpha value is -1.82. The molecule has 0 radical (unpaired) electrons. The molecule has 6 heteroatoms. The summed E-state index contributed by atoms with van der Waals surface area (Å²) in [6.45, 7) is 3.66. The number of carbonyl (C=O) groups excluding carboxylic acids is 1. The van der Waals surface area contributed by atoms with Crippen molar-refractivity contribution in [2.24, 2.45) is 0 Å². The first-order chi connectivity index (χ1) is 10.7. The molecular formula is C16H19BrN4O. The summed E-state index contributed by atoms with van der Waals surface area (Å²) in [5.41, 5.74) is 1.91. The molecule has 1 N–H and O–H groups in total. The lowest BCUT2D eigenvalue weighted by Gasteiger charge is -2.25. The minimum atomic E-state index is -0.0572. The van der Waals surface area contributed by atoms with E-state index in [4.69, 9.17) is 0 Å². The molecule has 1 atom stereocenters. The molecule has 3 rings (SSSR count). The van der Waals surface area contributed by atoms with Crippen molar-refractivity contribution in [3.63, 3.8) is 0 Å². The van der Waals surface area contributed by atoms with Crippen LogP contribution in [-0.4, -0.2) is 27.3 Å². The number of anilines is 1. The van der Waals surface area contributed by atoms with E-state index in [0.29, 0.717) is 0 Å². The van der Waals surface area contributed by atoms with E-state index in [0.717, 1.165) is 41.8 Å². The number of aryl methyl sites for hydroxylation is 1. The maximum absolute atomic E-state index is 12.6. The fraction of sp³-hybridized carbons (Fsp3) is 0.375. The number of hydrogen-bond donors (Lipinski definition) is 1. The number of aromatic nitrogens is 2.